The lowest BCUT2D eigenvalue weighted by molar-refractivity contribution is -0.0977. The first-order valence-electron chi connectivity index (χ1n) is 12.1. The number of aliphatic hydroxyl groups excluding tert-OH is 1. The van der Waals surface area contributed by atoms with Crippen LogP contribution in [0.15, 0.2) is 63.6 Å². The lowest BCUT2D eigenvalue weighted by atomic mass is 9.47. The third-order valence-corrected chi connectivity index (χ3v) is 11.1. The van der Waals surface area contributed by atoms with Gasteiger partial charge in [0.2, 0.25) is 9.84 Å². The van der Waals surface area contributed by atoms with Crippen LogP contribution in [0.4, 0.5) is 0 Å². The molecular weight excluding hydrogens is 430 g/mol. The molecule has 0 aromatic heterocycles. The van der Waals surface area contributed by atoms with E-state index in [0.29, 0.717) is 18.8 Å². The van der Waals surface area contributed by atoms with E-state index in [1.54, 1.807) is 24.3 Å². The van der Waals surface area contributed by atoms with E-state index in [4.69, 9.17) is 6.57 Å². The molecule has 4 aliphatic rings. The topological polar surface area (TPSA) is 58.7 Å². The molecule has 0 aliphatic heterocycles. The van der Waals surface area contributed by atoms with Crippen LogP contribution in [0.1, 0.15) is 57.9 Å². The Bertz CT molecular complexity index is 1220. The largest absolute Gasteiger partial charge is 0.393 e. The Labute approximate surface area is 197 Å². The maximum absolute atomic E-state index is 13.5. The van der Waals surface area contributed by atoms with E-state index in [2.05, 4.69) is 36.9 Å². The number of aryl methyl sites for hydroxylation is 1. The second kappa shape index (κ2) is 7.68. The van der Waals surface area contributed by atoms with Gasteiger partial charge < -0.3 is 5.11 Å². The molecular formula is C28H33NO3S. The van der Waals surface area contributed by atoms with Crippen LogP contribution in [0.25, 0.3) is 4.85 Å². The molecule has 0 heterocycles. The van der Waals surface area contributed by atoms with Crippen LogP contribution in [0.2, 0.25) is 0 Å². The summed E-state index contributed by atoms with van der Waals surface area (Å²) in [7, 11) is -3.90. The number of sulfone groups is 1. The predicted molar refractivity (Wildman–Crippen MR) is 130 cm³/mol. The molecule has 4 aliphatic carbocycles. The van der Waals surface area contributed by atoms with E-state index in [1.807, 2.05) is 6.92 Å². The normalized spacial score (nSPS) is 39.1. The number of hydrogen-bond donors (Lipinski definition) is 1. The number of benzene rings is 1. The van der Waals surface area contributed by atoms with Crippen molar-refractivity contribution >= 4 is 9.84 Å². The molecule has 1 aromatic rings. The number of fused-ring (bicyclic) bond motifs is 5. The molecule has 0 unspecified atom stereocenters. The van der Waals surface area contributed by atoms with Gasteiger partial charge in [0.05, 0.1) is 17.6 Å². The summed E-state index contributed by atoms with van der Waals surface area (Å²) in [6, 6.07) is 6.75. The van der Waals surface area contributed by atoms with Crippen molar-refractivity contribution in [1.29, 1.82) is 0 Å². The highest BCUT2D eigenvalue weighted by molar-refractivity contribution is 7.95. The molecule has 174 valence electrons. The lowest BCUT2D eigenvalue weighted by Crippen LogP contribution is -2.54. The Hall–Kier alpha value is -2.16. The molecule has 2 fully saturated rings. The maximum Gasteiger partial charge on any atom is 0.282 e. The van der Waals surface area contributed by atoms with Gasteiger partial charge in [0.1, 0.15) is 0 Å². The maximum atomic E-state index is 13.5. The van der Waals surface area contributed by atoms with Crippen molar-refractivity contribution in [3.05, 3.63) is 75.6 Å². The molecule has 0 saturated heterocycles. The minimum absolute atomic E-state index is 0.0263. The summed E-state index contributed by atoms with van der Waals surface area (Å²) in [6.45, 7) is 14.2. The molecule has 2 saturated carbocycles. The molecule has 0 spiro atoms. The summed E-state index contributed by atoms with van der Waals surface area (Å²) in [5.41, 5.74) is 2.58. The van der Waals surface area contributed by atoms with Crippen molar-refractivity contribution < 1.29 is 13.5 Å². The van der Waals surface area contributed by atoms with Crippen molar-refractivity contribution in [2.75, 3.05) is 0 Å². The van der Waals surface area contributed by atoms with Gasteiger partial charge in [0.25, 0.3) is 5.03 Å². The van der Waals surface area contributed by atoms with Gasteiger partial charge in [-0.1, -0.05) is 49.8 Å². The smallest absolute Gasteiger partial charge is 0.282 e. The molecule has 1 N–H and O–H groups in total. The summed E-state index contributed by atoms with van der Waals surface area (Å²) in [5, 5.41) is 11.4. The van der Waals surface area contributed by atoms with Crippen LogP contribution in [0.5, 0.6) is 0 Å². The highest BCUT2D eigenvalue weighted by atomic mass is 32.2. The molecule has 6 atom stereocenters. The average Bonchev–Trinajstić information content (AvgIpc) is 3.10. The molecule has 0 radical (unpaired) electrons. The number of nitrogens with zero attached hydrogens (tertiary/aromatic N) is 1. The molecule has 4 nitrogen and oxygen atoms in total. The highest BCUT2D eigenvalue weighted by Crippen LogP contribution is 2.66. The van der Waals surface area contributed by atoms with Crippen molar-refractivity contribution in [3.63, 3.8) is 0 Å². The summed E-state index contributed by atoms with van der Waals surface area (Å²) in [4.78, 5) is 3.80. The van der Waals surface area contributed by atoms with Crippen molar-refractivity contribution in [1.82, 2.24) is 0 Å². The fourth-order valence-corrected chi connectivity index (χ4v) is 9.21. The third-order valence-electron chi connectivity index (χ3n) is 9.32. The zero-order chi connectivity index (χ0) is 23.6. The third kappa shape index (κ3) is 3.21. The highest BCUT2D eigenvalue weighted by Gasteiger charge is 2.60. The number of allylic oxidation sites excluding steroid dienone is 5. The van der Waals surface area contributed by atoms with E-state index in [-0.39, 0.29) is 27.2 Å². The van der Waals surface area contributed by atoms with Crippen LogP contribution in [-0.2, 0) is 9.84 Å². The van der Waals surface area contributed by atoms with Crippen LogP contribution in [0, 0.1) is 42.1 Å². The fourth-order valence-electron chi connectivity index (χ4n) is 7.72. The second-order valence-electron chi connectivity index (χ2n) is 11.0. The van der Waals surface area contributed by atoms with Crippen molar-refractivity contribution in [2.24, 2.45) is 28.6 Å². The van der Waals surface area contributed by atoms with Crippen LogP contribution in [-0.4, -0.2) is 19.6 Å². The number of hydrogen-bond acceptors (Lipinski definition) is 3. The van der Waals surface area contributed by atoms with Gasteiger partial charge in [-0.3, -0.25) is 0 Å². The Morgan fingerprint density at radius 2 is 1.91 bits per heavy atom. The molecule has 5 rings (SSSR count). The standard InChI is InChI=1S/C28H33NO3S/c1-18-8-11-20(12-9-18)33(31,32)26(29-4)23-15-14-22-21-13-10-19-7-5-6-16-27(19,2)25(21)24(30)17-28(22,23)3/h5,7-12,21-22,24-25,30H,6,13-17H2,1-3H3/t21-,22-,24+,25+,27-,28-/m0/s1. The summed E-state index contributed by atoms with van der Waals surface area (Å²) < 4.78 is 27.1. The van der Waals surface area contributed by atoms with E-state index >= 15 is 0 Å². The average molecular weight is 464 g/mol. The molecule has 0 bridgehead atoms. The Morgan fingerprint density at radius 1 is 1.18 bits per heavy atom. The molecule has 1 aromatic carbocycles. The zero-order valence-corrected chi connectivity index (χ0v) is 20.5. The number of rotatable bonds is 2. The monoisotopic (exact) mass is 463 g/mol. The first kappa shape index (κ1) is 22.6. The van der Waals surface area contributed by atoms with Crippen molar-refractivity contribution in [3.8, 4) is 0 Å². The number of aliphatic hydroxyl groups is 1. The van der Waals surface area contributed by atoms with Gasteiger partial charge in [-0.2, -0.15) is 0 Å². The summed E-state index contributed by atoms with van der Waals surface area (Å²) in [5.74, 6) is 0.780. The van der Waals surface area contributed by atoms with Crippen LogP contribution >= 0.6 is 0 Å². The van der Waals surface area contributed by atoms with Gasteiger partial charge in [0.15, 0.2) is 0 Å². The van der Waals surface area contributed by atoms with Crippen LogP contribution in [0.3, 0.4) is 0 Å². The summed E-state index contributed by atoms with van der Waals surface area (Å²) >= 11 is 0. The SMILES string of the molecule is [C-]#[N+]C(=C1CC[C@H]2[C@@H]3CC=C4C=CCC[C@]4(C)[C@H]3[C@H](O)C[C@]12C)S(=O)(=O)c1ccc(C)cc1. The molecule has 33 heavy (non-hydrogen) atoms. The van der Waals surface area contributed by atoms with Gasteiger partial charge in [0, 0.05) is 0 Å². The van der Waals surface area contributed by atoms with Gasteiger partial charge in [-0.15, -0.1) is 0 Å². The fraction of sp³-hybridized carbons (Fsp3) is 0.536. The van der Waals surface area contributed by atoms with E-state index in [0.717, 1.165) is 36.8 Å². The molecule has 0 amide bonds. The van der Waals surface area contributed by atoms with E-state index in [9.17, 15) is 13.5 Å². The van der Waals surface area contributed by atoms with Crippen LogP contribution < -0.4 is 0 Å². The zero-order valence-electron chi connectivity index (χ0n) is 19.7. The predicted octanol–water partition coefficient (Wildman–Crippen LogP) is 6.00. The Balaban J connectivity index is 1.59. The molecule has 5 heteroatoms. The first-order chi connectivity index (χ1) is 15.6. The minimum Gasteiger partial charge on any atom is -0.393 e. The quantitative estimate of drug-likeness (QED) is 0.547. The van der Waals surface area contributed by atoms with E-state index < -0.39 is 21.4 Å². The second-order valence-corrected chi connectivity index (χ2v) is 12.9. The lowest BCUT2D eigenvalue weighted by Gasteiger charge is -2.58. The first-order valence-corrected chi connectivity index (χ1v) is 13.6. The minimum atomic E-state index is -3.90. The Kier molecular flexibility index (Phi) is 5.27. The van der Waals surface area contributed by atoms with Crippen molar-refractivity contribution in [2.45, 2.75) is 70.3 Å². The van der Waals surface area contributed by atoms with Gasteiger partial charge >= 0.3 is 0 Å². The Morgan fingerprint density at radius 3 is 2.61 bits per heavy atom. The van der Waals surface area contributed by atoms with Gasteiger partial charge in [-0.05, 0) is 97.3 Å². The summed E-state index contributed by atoms with van der Waals surface area (Å²) in [6.07, 6.45) is 11.4. The van der Waals surface area contributed by atoms with Gasteiger partial charge in [-0.25, -0.2) is 13.3 Å². The van der Waals surface area contributed by atoms with E-state index in [1.165, 1.54) is 5.57 Å².